The first-order valence-corrected chi connectivity index (χ1v) is 10.5. The van der Waals surface area contributed by atoms with Gasteiger partial charge < -0.3 is 0 Å². The number of hydrogen-bond acceptors (Lipinski definition) is 3. The van der Waals surface area contributed by atoms with Gasteiger partial charge in [-0.25, -0.2) is 4.68 Å². The van der Waals surface area contributed by atoms with Gasteiger partial charge in [-0.3, -0.25) is 14.5 Å². The second-order valence-electron chi connectivity index (χ2n) is 8.20. The zero-order valence-corrected chi connectivity index (χ0v) is 17.1. The molecule has 2 heterocycles. The van der Waals surface area contributed by atoms with Crippen LogP contribution in [0.5, 0.6) is 0 Å². The summed E-state index contributed by atoms with van der Waals surface area (Å²) in [6, 6.07) is 15.7. The van der Waals surface area contributed by atoms with Gasteiger partial charge in [-0.2, -0.15) is 18.3 Å². The van der Waals surface area contributed by atoms with Crippen molar-refractivity contribution in [3.05, 3.63) is 87.3 Å². The Kier molecular flexibility index (Phi) is 4.87. The minimum Gasteiger partial charge on any atom is -0.279 e. The monoisotopic (exact) mass is 439 g/mol. The van der Waals surface area contributed by atoms with Crippen LogP contribution >= 0.6 is 0 Å². The van der Waals surface area contributed by atoms with Gasteiger partial charge in [0.25, 0.3) is 11.5 Å². The van der Waals surface area contributed by atoms with E-state index in [0.29, 0.717) is 16.1 Å². The summed E-state index contributed by atoms with van der Waals surface area (Å²) in [6.45, 7) is -0.578. The van der Waals surface area contributed by atoms with Crippen molar-refractivity contribution in [2.45, 2.75) is 44.3 Å². The van der Waals surface area contributed by atoms with Crippen LogP contribution in [0.4, 0.5) is 24.5 Å². The molecule has 1 saturated carbocycles. The summed E-state index contributed by atoms with van der Waals surface area (Å²) in [5.74, 6) is -0.611. The Bertz CT molecular complexity index is 1210. The number of benzene rings is 2. The standard InChI is InChI=1S/C24H20F3N3O2/c25-24(26,27)18-13-19(15-9-10-15)28-29(23(18)32)14-22(31)30-20-7-3-1-5-16(20)11-12-17-6-2-4-8-21(17)30/h1-8,13,15H,9-12,14H2. The number of para-hydroxylation sites is 2. The highest BCUT2D eigenvalue weighted by Crippen LogP contribution is 2.40. The summed E-state index contributed by atoms with van der Waals surface area (Å²) < 4.78 is 41.2. The molecule has 1 fully saturated rings. The maximum absolute atomic E-state index is 13.5. The largest absolute Gasteiger partial charge is 0.421 e. The van der Waals surface area contributed by atoms with Gasteiger partial charge >= 0.3 is 6.18 Å². The Morgan fingerprint density at radius 2 is 1.53 bits per heavy atom. The Labute approximate surface area is 182 Å². The molecular weight excluding hydrogens is 419 g/mol. The van der Waals surface area contributed by atoms with Gasteiger partial charge in [-0.1, -0.05) is 36.4 Å². The predicted molar refractivity (Wildman–Crippen MR) is 113 cm³/mol. The molecule has 2 aromatic carbocycles. The molecule has 1 aliphatic heterocycles. The van der Waals surface area contributed by atoms with E-state index in [0.717, 1.165) is 42.9 Å². The molecule has 164 valence electrons. The van der Waals surface area contributed by atoms with Crippen molar-refractivity contribution in [1.29, 1.82) is 0 Å². The quantitative estimate of drug-likeness (QED) is 0.599. The summed E-state index contributed by atoms with van der Waals surface area (Å²) in [7, 11) is 0. The topological polar surface area (TPSA) is 55.2 Å². The van der Waals surface area contributed by atoms with Crippen LogP contribution < -0.4 is 10.5 Å². The number of fused-ring (bicyclic) bond motifs is 2. The molecule has 2 aliphatic rings. The molecule has 0 N–H and O–H groups in total. The van der Waals surface area contributed by atoms with E-state index < -0.39 is 29.8 Å². The Morgan fingerprint density at radius 3 is 2.06 bits per heavy atom. The number of anilines is 2. The minimum absolute atomic E-state index is 0.0994. The van der Waals surface area contributed by atoms with E-state index in [1.807, 2.05) is 48.5 Å². The number of amides is 1. The van der Waals surface area contributed by atoms with Gasteiger partial charge in [0.2, 0.25) is 0 Å². The van der Waals surface area contributed by atoms with Gasteiger partial charge in [0.1, 0.15) is 12.1 Å². The van der Waals surface area contributed by atoms with Crippen LogP contribution in [-0.2, 0) is 30.4 Å². The third-order valence-electron chi connectivity index (χ3n) is 5.96. The summed E-state index contributed by atoms with van der Waals surface area (Å²) in [5.41, 5.74) is 0.891. The lowest BCUT2D eigenvalue weighted by atomic mass is 10.0. The average molecular weight is 439 g/mol. The molecule has 0 saturated heterocycles. The summed E-state index contributed by atoms with van der Waals surface area (Å²) in [5, 5.41) is 4.14. The molecule has 0 radical (unpaired) electrons. The van der Waals surface area contributed by atoms with Gasteiger partial charge in [0.15, 0.2) is 0 Å². The van der Waals surface area contributed by atoms with Crippen molar-refractivity contribution in [3.8, 4) is 0 Å². The third-order valence-corrected chi connectivity index (χ3v) is 5.96. The SMILES string of the molecule is O=C(Cn1nc(C2CC2)cc(C(F)(F)F)c1=O)N1c2ccccc2CCc2ccccc21. The van der Waals surface area contributed by atoms with Gasteiger partial charge in [-0.15, -0.1) is 0 Å². The second kappa shape index (κ2) is 7.62. The highest BCUT2D eigenvalue weighted by Gasteiger charge is 2.38. The summed E-state index contributed by atoms with van der Waals surface area (Å²) >= 11 is 0. The van der Waals surface area contributed by atoms with E-state index in [1.54, 1.807) is 0 Å². The molecule has 0 bridgehead atoms. The fourth-order valence-electron chi connectivity index (χ4n) is 4.20. The highest BCUT2D eigenvalue weighted by molar-refractivity contribution is 6.02. The van der Waals surface area contributed by atoms with Crippen molar-refractivity contribution < 1.29 is 18.0 Å². The molecular formula is C24H20F3N3O2. The van der Waals surface area contributed by atoms with Crippen molar-refractivity contribution in [2.24, 2.45) is 0 Å². The normalized spacial score (nSPS) is 15.7. The number of hydrogen-bond donors (Lipinski definition) is 0. The zero-order valence-electron chi connectivity index (χ0n) is 17.1. The van der Waals surface area contributed by atoms with E-state index in [9.17, 15) is 22.8 Å². The van der Waals surface area contributed by atoms with Crippen molar-refractivity contribution in [1.82, 2.24) is 9.78 Å². The molecule has 32 heavy (non-hydrogen) atoms. The summed E-state index contributed by atoms with van der Waals surface area (Å²) in [6.07, 6.45) is -1.90. The molecule has 8 heteroatoms. The smallest absolute Gasteiger partial charge is 0.279 e. The third kappa shape index (κ3) is 3.70. The Hall–Kier alpha value is -3.42. The van der Waals surface area contributed by atoms with Crippen LogP contribution in [0.3, 0.4) is 0 Å². The summed E-state index contributed by atoms with van der Waals surface area (Å²) in [4.78, 5) is 27.6. The molecule has 1 aromatic heterocycles. The maximum atomic E-state index is 13.5. The van der Waals surface area contributed by atoms with Crippen molar-refractivity contribution in [3.63, 3.8) is 0 Å². The van der Waals surface area contributed by atoms with E-state index >= 15 is 0 Å². The number of rotatable bonds is 3. The average Bonchev–Trinajstić information content (AvgIpc) is 3.60. The van der Waals surface area contributed by atoms with E-state index in [2.05, 4.69) is 5.10 Å². The van der Waals surface area contributed by atoms with Crippen LogP contribution in [0.2, 0.25) is 0 Å². The molecule has 0 spiro atoms. The number of aryl methyl sites for hydroxylation is 2. The minimum atomic E-state index is -4.81. The fourth-order valence-corrected chi connectivity index (χ4v) is 4.20. The zero-order chi connectivity index (χ0) is 22.5. The molecule has 1 aliphatic carbocycles. The van der Waals surface area contributed by atoms with Crippen molar-refractivity contribution in [2.75, 3.05) is 4.90 Å². The van der Waals surface area contributed by atoms with Gasteiger partial charge in [0, 0.05) is 5.92 Å². The number of carbonyl (C=O) groups excluding carboxylic acids is 1. The van der Waals surface area contributed by atoms with Gasteiger partial charge in [0.05, 0.1) is 17.1 Å². The Balaban J connectivity index is 1.59. The van der Waals surface area contributed by atoms with Crippen LogP contribution in [0.25, 0.3) is 0 Å². The number of nitrogens with zero attached hydrogens (tertiary/aromatic N) is 3. The number of halogens is 3. The maximum Gasteiger partial charge on any atom is 0.421 e. The lowest BCUT2D eigenvalue weighted by molar-refractivity contribution is -0.139. The van der Waals surface area contributed by atoms with E-state index in [-0.39, 0.29) is 11.6 Å². The van der Waals surface area contributed by atoms with Crippen molar-refractivity contribution >= 4 is 17.3 Å². The van der Waals surface area contributed by atoms with Crippen LogP contribution in [0, 0.1) is 0 Å². The van der Waals surface area contributed by atoms with E-state index in [1.165, 1.54) is 4.90 Å². The molecule has 0 unspecified atom stereocenters. The lowest BCUT2D eigenvalue weighted by Crippen LogP contribution is -2.38. The number of carbonyl (C=O) groups is 1. The first kappa shape index (κ1) is 20.5. The molecule has 0 atom stereocenters. The molecule has 1 amide bonds. The lowest BCUT2D eigenvalue weighted by Gasteiger charge is -2.25. The van der Waals surface area contributed by atoms with Crippen LogP contribution in [0.15, 0.2) is 59.4 Å². The highest BCUT2D eigenvalue weighted by atomic mass is 19.4. The molecule has 5 rings (SSSR count). The van der Waals surface area contributed by atoms with Crippen LogP contribution in [-0.4, -0.2) is 15.7 Å². The first-order valence-electron chi connectivity index (χ1n) is 10.5. The van der Waals surface area contributed by atoms with Crippen LogP contribution in [0.1, 0.15) is 41.1 Å². The number of alkyl halides is 3. The van der Waals surface area contributed by atoms with E-state index in [4.69, 9.17) is 0 Å². The Morgan fingerprint density at radius 1 is 0.969 bits per heavy atom. The fraction of sp³-hybridized carbons (Fsp3) is 0.292. The van der Waals surface area contributed by atoms with Gasteiger partial charge in [-0.05, 0) is 55.0 Å². The molecule has 3 aromatic rings. The number of aromatic nitrogens is 2. The first-order chi connectivity index (χ1) is 15.3. The molecule has 5 nitrogen and oxygen atoms in total. The predicted octanol–water partition coefficient (Wildman–Crippen LogP) is 4.60. The second-order valence-corrected chi connectivity index (χ2v) is 8.20.